The quantitative estimate of drug-likeness (QED) is 0.752. The van der Waals surface area contributed by atoms with Crippen LogP contribution >= 0.6 is 0 Å². The summed E-state index contributed by atoms with van der Waals surface area (Å²) >= 11 is 0. The second kappa shape index (κ2) is 6.67. The zero-order valence-electron chi connectivity index (χ0n) is 11.5. The topological polar surface area (TPSA) is 92.4 Å². The summed E-state index contributed by atoms with van der Waals surface area (Å²) in [6.07, 6.45) is 2.71. The Bertz CT molecular complexity index is 528. The van der Waals surface area contributed by atoms with Crippen molar-refractivity contribution in [2.75, 3.05) is 0 Å². The van der Waals surface area contributed by atoms with Gasteiger partial charge >= 0.3 is 0 Å². The Kier molecular flexibility index (Phi) is 5.15. The van der Waals surface area contributed by atoms with Crippen LogP contribution in [0.5, 0.6) is 0 Å². The van der Waals surface area contributed by atoms with Gasteiger partial charge in [-0.25, -0.2) is 13.1 Å². The van der Waals surface area contributed by atoms with Gasteiger partial charge in [0, 0.05) is 12.6 Å². The van der Waals surface area contributed by atoms with Crippen molar-refractivity contribution in [2.45, 2.75) is 50.1 Å². The molecule has 20 heavy (non-hydrogen) atoms. The molecule has 2 atom stereocenters. The summed E-state index contributed by atoms with van der Waals surface area (Å²) in [6, 6.07) is 6.87. The number of nitrogens with two attached hydrogens (primary N) is 1. The molecule has 2 rings (SSSR count). The largest absolute Gasteiger partial charge is 0.391 e. The van der Waals surface area contributed by atoms with E-state index in [0.29, 0.717) is 19.4 Å². The first-order valence-corrected chi connectivity index (χ1v) is 8.61. The maximum Gasteiger partial charge on any atom is 0.216 e. The average molecular weight is 298 g/mol. The smallest absolute Gasteiger partial charge is 0.216 e. The van der Waals surface area contributed by atoms with E-state index in [1.807, 2.05) is 12.1 Å². The molecule has 4 N–H and O–H groups in total. The van der Waals surface area contributed by atoms with Gasteiger partial charge in [-0.15, -0.1) is 0 Å². The Labute approximate surface area is 120 Å². The molecule has 1 fully saturated rings. The fourth-order valence-corrected chi connectivity index (χ4v) is 3.96. The second-order valence-electron chi connectivity index (χ2n) is 5.36. The van der Waals surface area contributed by atoms with Gasteiger partial charge in [0.05, 0.1) is 11.9 Å². The number of nitrogens with one attached hydrogen (secondary N) is 1. The maximum absolute atomic E-state index is 12.1. The van der Waals surface area contributed by atoms with Crippen LogP contribution in [-0.2, 0) is 22.3 Å². The molecule has 0 aliphatic heterocycles. The third-order valence-corrected chi connectivity index (χ3v) is 5.05. The van der Waals surface area contributed by atoms with Crippen LogP contribution in [0.25, 0.3) is 0 Å². The first-order valence-electron chi connectivity index (χ1n) is 6.96. The van der Waals surface area contributed by atoms with Crippen LogP contribution in [0.1, 0.15) is 36.8 Å². The lowest BCUT2D eigenvalue weighted by Crippen LogP contribution is -2.45. The van der Waals surface area contributed by atoms with Crippen molar-refractivity contribution < 1.29 is 13.5 Å². The van der Waals surface area contributed by atoms with E-state index in [9.17, 15) is 13.5 Å². The molecule has 112 valence electrons. The number of sulfonamides is 1. The normalized spacial score (nSPS) is 23.7. The number of rotatable bonds is 5. The van der Waals surface area contributed by atoms with Crippen molar-refractivity contribution in [2.24, 2.45) is 5.73 Å². The number of hydrogen-bond donors (Lipinski definition) is 3. The van der Waals surface area contributed by atoms with Gasteiger partial charge in [0.2, 0.25) is 10.0 Å². The first kappa shape index (κ1) is 15.4. The predicted octanol–water partition coefficient (Wildman–Crippen LogP) is 0.868. The van der Waals surface area contributed by atoms with E-state index >= 15 is 0 Å². The monoisotopic (exact) mass is 298 g/mol. The lowest BCUT2D eigenvalue weighted by molar-refractivity contribution is 0.101. The molecule has 1 aromatic rings. The fourth-order valence-electron chi connectivity index (χ4n) is 2.51. The molecule has 1 saturated carbocycles. The average Bonchev–Trinajstić information content (AvgIpc) is 2.41. The van der Waals surface area contributed by atoms with Crippen molar-refractivity contribution in [3.05, 3.63) is 35.4 Å². The van der Waals surface area contributed by atoms with Gasteiger partial charge in [-0.1, -0.05) is 37.1 Å². The standard InChI is InChI=1S/C14H22N2O3S/c15-9-11-5-7-12(8-6-11)10-20(18,19)16-13-3-1-2-4-14(13)17/h5-8,13-14,16-17H,1-4,9-10,15H2. The van der Waals surface area contributed by atoms with Gasteiger partial charge in [-0.3, -0.25) is 0 Å². The summed E-state index contributed by atoms with van der Waals surface area (Å²) in [5, 5.41) is 9.83. The van der Waals surface area contributed by atoms with Gasteiger partial charge in [0.25, 0.3) is 0 Å². The van der Waals surface area contributed by atoms with Crippen molar-refractivity contribution in [1.82, 2.24) is 4.72 Å². The van der Waals surface area contributed by atoms with E-state index in [4.69, 9.17) is 5.73 Å². The van der Waals surface area contributed by atoms with E-state index in [0.717, 1.165) is 24.0 Å². The lowest BCUT2D eigenvalue weighted by Gasteiger charge is -2.28. The number of benzene rings is 1. The molecule has 0 saturated heterocycles. The highest BCUT2D eigenvalue weighted by atomic mass is 32.2. The number of hydrogen-bond acceptors (Lipinski definition) is 4. The summed E-state index contributed by atoms with van der Waals surface area (Å²) in [7, 11) is -3.43. The molecular weight excluding hydrogens is 276 g/mol. The summed E-state index contributed by atoms with van der Waals surface area (Å²) in [6.45, 7) is 0.444. The SMILES string of the molecule is NCc1ccc(CS(=O)(=O)NC2CCCCC2O)cc1. The molecule has 1 aromatic carbocycles. The minimum absolute atomic E-state index is 0.0684. The Hall–Kier alpha value is -0.950. The summed E-state index contributed by atoms with van der Waals surface area (Å²) < 4.78 is 26.9. The zero-order chi connectivity index (χ0) is 14.6. The molecule has 0 bridgehead atoms. The van der Waals surface area contributed by atoms with Crippen LogP contribution in [0.3, 0.4) is 0 Å². The lowest BCUT2D eigenvalue weighted by atomic mass is 9.93. The summed E-state index contributed by atoms with van der Waals surface area (Å²) in [5.41, 5.74) is 7.20. The summed E-state index contributed by atoms with van der Waals surface area (Å²) in [4.78, 5) is 0. The van der Waals surface area contributed by atoms with Crippen LogP contribution in [0, 0.1) is 0 Å². The molecule has 1 aliphatic carbocycles. The molecule has 0 spiro atoms. The molecular formula is C14H22N2O3S. The van der Waals surface area contributed by atoms with E-state index < -0.39 is 16.1 Å². The van der Waals surface area contributed by atoms with E-state index in [1.165, 1.54) is 0 Å². The number of aliphatic hydroxyl groups excluding tert-OH is 1. The zero-order valence-corrected chi connectivity index (χ0v) is 12.3. The third-order valence-electron chi connectivity index (χ3n) is 3.68. The van der Waals surface area contributed by atoms with Gasteiger partial charge in [-0.2, -0.15) is 0 Å². The van der Waals surface area contributed by atoms with E-state index in [-0.39, 0.29) is 11.8 Å². The van der Waals surface area contributed by atoms with Crippen LogP contribution < -0.4 is 10.5 Å². The molecule has 6 heteroatoms. The molecule has 0 radical (unpaired) electrons. The molecule has 0 heterocycles. The van der Waals surface area contributed by atoms with E-state index in [2.05, 4.69) is 4.72 Å². The molecule has 0 amide bonds. The molecule has 1 aliphatic rings. The highest BCUT2D eigenvalue weighted by Gasteiger charge is 2.27. The van der Waals surface area contributed by atoms with Crippen molar-refractivity contribution >= 4 is 10.0 Å². The predicted molar refractivity (Wildman–Crippen MR) is 78.4 cm³/mol. The Balaban J connectivity index is 1.99. The highest BCUT2D eigenvalue weighted by Crippen LogP contribution is 2.19. The minimum Gasteiger partial charge on any atom is -0.391 e. The Morgan fingerprint density at radius 2 is 1.75 bits per heavy atom. The molecule has 2 unspecified atom stereocenters. The van der Waals surface area contributed by atoms with Crippen LogP contribution in [0.4, 0.5) is 0 Å². The Morgan fingerprint density at radius 1 is 1.15 bits per heavy atom. The number of aliphatic hydroxyl groups is 1. The molecule has 5 nitrogen and oxygen atoms in total. The van der Waals surface area contributed by atoms with Gasteiger partial charge < -0.3 is 10.8 Å². The van der Waals surface area contributed by atoms with Crippen molar-refractivity contribution in [3.8, 4) is 0 Å². The Morgan fingerprint density at radius 3 is 2.35 bits per heavy atom. The third kappa shape index (κ3) is 4.28. The summed E-state index contributed by atoms with van der Waals surface area (Å²) in [5.74, 6) is -0.0684. The van der Waals surface area contributed by atoms with Crippen molar-refractivity contribution in [1.29, 1.82) is 0 Å². The van der Waals surface area contributed by atoms with Crippen LogP contribution in [0.15, 0.2) is 24.3 Å². The van der Waals surface area contributed by atoms with Gasteiger partial charge in [-0.05, 0) is 24.0 Å². The highest BCUT2D eigenvalue weighted by molar-refractivity contribution is 7.88. The molecule has 0 aromatic heterocycles. The first-order chi connectivity index (χ1) is 9.50. The van der Waals surface area contributed by atoms with Gasteiger partial charge in [0.1, 0.15) is 0 Å². The van der Waals surface area contributed by atoms with E-state index in [1.54, 1.807) is 12.1 Å². The fraction of sp³-hybridized carbons (Fsp3) is 0.571. The van der Waals surface area contributed by atoms with Crippen LogP contribution in [-0.4, -0.2) is 25.7 Å². The van der Waals surface area contributed by atoms with Gasteiger partial charge in [0.15, 0.2) is 0 Å². The second-order valence-corrected chi connectivity index (χ2v) is 7.11. The maximum atomic E-state index is 12.1. The van der Waals surface area contributed by atoms with Crippen molar-refractivity contribution in [3.63, 3.8) is 0 Å². The van der Waals surface area contributed by atoms with Crippen LogP contribution in [0.2, 0.25) is 0 Å². The minimum atomic E-state index is -3.43.